The van der Waals surface area contributed by atoms with Crippen LogP contribution in [0.5, 0.6) is 0 Å². The molecule has 90 valence electrons. The number of rotatable bonds is 2. The van der Waals surface area contributed by atoms with E-state index in [-0.39, 0.29) is 11.2 Å². The molecular weight excluding hydrogens is 222 g/mol. The molecule has 0 spiro atoms. The lowest BCUT2D eigenvalue weighted by atomic mass is 10.2. The second-order valence-corrected chi connectivity index (χ2v) is 4.63. The quantitative estimate of drug-likeness (QED) is 0.212. The average molecular weight is 235 g/mol. The van der Waals surface area contributed by atoms with Crippen molar-refractivity contribution in [3.05, 3.63) is 39.9 Å². The largest absolute Gasteiger partial charge is 0.409 e. The molecule has 0 atom stereocenters. The SMILES string of the molecule is CC1(C)CN1/C(=N\O)c1ccc([N+](=O)[O-])cc1. The van der Waals surface area contributed by atoms with Crippen LogP contribution < -0.4 is 0 Å². The molecule has 0 amide bonds. The van der Waals surface area contributed by atoms with Crippen molar-refractivity contribution in [2.75, 3.05) is 6.54 Å². The Balaban J connectivity index is 2.25. The molecule has 6 heteroatoms. The summed E-state index contributed by atoms with van der Waals surface area (Å²) in [5.41, 5.74) is 0.684. The third kappa shape index (κ3) is 2.06. The number of amidine groups is 1. The molecule has 0 saturated carbocycles. The first-order chi connectivity index (χ1) is 7.95. The summed E-state index contributed by atoms with van der Waals surface area (Å²) in [7, 11) is 0. The number of oxime groups is 1. The third-order valence-electron chi connectivity index (χ3n) is 2.86. The summed E-state index contributed by atoms with van der Waals surface area (Å²) in [5, 5.41) is 22.8. The van der Waals surface area contributed by atoms with Gasteiger partial charge in [-0.1, -0.05) is 5.16 Å². The Hall–Kier alpha value is -2.11. The Kier molecular flexibility index (Phi) is 2.49. The van der Waals surface area contributed by atoms with Gasteiger partial charge >= 0.3 is 0 Å². The van der Waals surface area contributed by atoms with E-state index < -0.39 is 4.92 Å². The van der Waals surface area contributed by atoms with E-state index in [1.54, 1.807) is 12.1 Å². The highest BCUT2D eigenvalue weighted by molar-refractivity contribution is 6.00. The van der Waals surface area contributed by atoms with Gasteiger partial charge < -0.3 is 10.1 Å². The van der Waals surface area contributed by atoms with Crippen LogP contribution >= 0.6 is 0 Å². The number of hydrogen-bond donors (Lipinski definition) is 1. The van der Waals surface area contributed by atoms with Crippen molar-refractivity contribution in [1.29, 1.82) is 0 Å². The van der Waals surface area contributed by atoms with Gasteiger partial charge in [0, 0.05) is 24.2 Å². The first-order valence-corrected chi connectivity index (χ1v) is 5.20. The summed E-state index contributed by atoms with van der Waals surface area (Å²) in [6, 6.07) is 5.97. The van der Waals surface area contributed by atoms with Gasteiger partial charge in [0.2, 0.25) is 0 Å². The number of nitro benzene ring substituents is 1. The fourth-order valence-electron chi connectivity index (χ4n) is 1.71. The Bertz CT molecular complexity index is 479. The minimum Gasteiger partial charge on any atom is -0.409 e. The average Bonchev–Trinajstić information content (AvgIpc) is 2.89. The van der Waals surface area contributed by atoms with Crippen LogP contribution in [-0.4, -0.2) is 32.9 Å². The van der Waals surface area contributed by atoms with E-state index in [0.29, 0.717) is 11.4 Å². The first kappa shape index (κ1) is 11.4. The smallest absolute Gasteiger partial charge is 0.269 e. The van der Waals surface area contributed by atoms with Crippen LogP contribution in [0.2, 0.25) is 0 Å². The van der Waals surface area contributed by atoms with E-state index in [1.165, 1.54) is 12.1 Å². The second kappa shape index (κ2) is 3.73. The number of non-ortho nitro benzene ring substituents is 1. The molecule has 6 nitrogen and oxygen atoms in total. The summed E-state index contributed by atoms with van der Waals surface area (Å²) in [4.78, 5) is 12.0. The minimum atomic E-state index is -0.457. The van der Waals surface area contributed by atoms with Crippen molar-refractivity contribution in [3.63, 3.8) is 0 Å². The summed E-state index contributed by atoms with van der Waals surface area (Å²) in [6.07, 6.45) is 0. The van der Waals surface area contributed by atoms with Gasteiger partial charge in [-0.3, -0.25) is 10.1 Å². The summed E-state index contributed by atoms with van der Waals surface area (Å²) >= 11 is 0. The molecule has 0 aromatic heterocycles. The molecule has 1 heterocycles. The molecule has 1 aliphatic rings. The van der Waals surface area contributed by atoms with Gasteiger partial charge in [-0.2, -0.15) is 0 Å². The fraction of sp³-hybridized carbons (Fsp3) is 0.364. The molecular formula is C11H13N3O3. The van der Waals surface area contributed by atoms with E-state index in [2.05, 4.69) is 5.16 Å². The molecule has 0 unspecified atom stereocenters. The van der Waals surface area contributed by atoms with Crippen LogP contribution in [0, 0.1) is 10.1 Å². The van der Waals surface area contributed by atoms with Crippen LogP contribution in [0.3, 0.4) is 0 Å². The van der Waals surface area contributed by atoms with E-state index in [4.69, 9.17) is 5.21 Å². The Morgan fingerprint density at radius 1 is 1.47 bits per heavy atom. The molecule has 2 rings (SSSR count). The standard InChI is InChI=1S/C11H13N3O3/c1-11(2)7-13(11)10(12-15)8-3-5-9(6-4-8)14(16)17/h3-6,15H,7H2,1-2H3/b12-10-. The lowest BCUT2D eigenvalue weighted by molar-refractivity contribution is -0.384. The van der Waals surface area contributed by atoms with Crippen LogP contribution in [-0.2, 0) is 0 Å². The predicted octanol–water partition coefficient (Wildman–Crippen LogP) is 1.82. The van der Waals surface area contributed by atoms with E-state index >= 15 is 0 Å². The van der Waals surface area contributed by atoms with E-state index in [9.17, 15) is 10.1 Å². The molecule has 1 N–H and O–H groups in total. The Morgan fingerprint density at radius 3 is 2.35 bits per heavy atom. The van der Waals surface area contributed by atoms with Gasteiger partial charge in [-0.15, -0.1) is 0 Å². The van der Waals surface area contributed by atoms with Crippen LogP contribution in [0.1, 0.15) is 19.4 Å². The molecule has 1 aromatic rings. The molecule has 0 aliphatic carbocycles. The maximum atomic E-state index is 10.5. The number of hydrogen-bond acceptors (Lipinski definition) is 4. The Labute approximate surface area is 98.3 Å². The van der Waals surface area contributed by atoms with Crippen LogP contribution in [0.15, 0.2) is 29.4 Å². The molecule has 1 aromatic carbocycles. The lowest BCUT2D eigenvalue weighted by Crippen LogP contribution is -2.19. The number of nitro groups is 1. The van der Waals surface area contributed by atoms with Gasteiger partial charge in [0.15, 0.2) is 5.84 Å². The highest BCUT2D eigenvalue weighted by Crippen LogP contribution is 2.33. The summed E-state index contributed by atoms with van der Waals surface area (Å²) in [5.74, 6) is 0.449. The molecule has 1 saturated heterocycles. The van der Waals surface area contributed by atoms with Gasteiger partial charge in [-0.25, -0.2) is 0 Å². The van der Waals surface area contributed by atoms with Gasteiger partial charge in [-0.05, 0) is 26.0 Å². The van der Waals surface area contributed by atoms with Gasteiger partial charge in [0.1, 0.15) is 0 Å². The topological polar surface area (TPSA) is 78.7 Å². The van der Waals surface area contributed by atoms with Crippen molar-refractivity contribution < 1.29 is 10.1 Å². The van der Waals surface area contributed by atoms with Gasteiger partial charge in [0.25, 0.3) is 5.69 Å². The Morgan fingerprint density at radius 2 is 2.00 bits per heavy atom. The number of nitrogens with zero attached hydrogens (tertiary/aromatic N) is 3. The second-order valence-electron chi connectivity index (χ2n) is 4.63. The third-order valence-corrected chi connectivity index (χ3v) is 2.86. The summed E-state index contributed by atoms with van der Waals surface area (Å²) < 4.78 is 0. The van der Waals surface area contributed by atoms with Gasteiger partial charge in [0.05, 0.1) is 10.5 Å². The summed E-state index contributed by atoms with van der Waals surface area (Å²) in [6.45, 7) is 4.87. The minimum absolute atomic E-state index is 0.0106. The monoisotopic (exact) mass is 235 g/mol. The maximum Gasteiger partial charge on any atom is 0.269 e. The zero-order valence-corrected chi connectivity index (χ0v) is 9.62. The molecule has 0 radical (unpaired) electrons. The highest BCUT2D eigenvalue weighted by Gasteiger charge is 2.45. The first-order valence-electron chi connectivity index (χ1n) is 5.20. The lowest BCUT2D eigenvalue weighted by Gasteiger charge is -2.10. The van der Waals surface area contributed by atoms with Crippen LogP contribution in [0.25, 0.3) is 0 Å². The normalized spacial score (nSPS) is 18.0. The fourth-order valence-corrected chi connectivity index (χ4v) is 1.71. The highest BCUT2D eigenvalue weighted by atomic mass is 16.6. The van der Waals surface area contributed by atoms with Crippen molar-refractivity contribution in [1.82, 2.24) is 4.90 Å². The zero-order chi connectivity index (χ0) is 12.6. The number of benzene rings is 1. The predicted molar refractivity (Wildman–Crippen MR) is 62.2 cm³/mol. The van der Waals surface area contributed by atoms with Crippen LogP contribution in [0.4, 0.5) is 5.69 Å². The van der Waals surface area contributed by atoms with E-state index in [0.717, 1.165) is 6.54 Å². The van der Waals surface area contributed by atoms with Crippen molar-refractivity contribution in [3.8, 4) is 0 Å². The molecule has 17 heavy (non-hydrogen) atoms. The molecule has 1 fully saturated rings. The maximum absolute atomic E-state index is 10.5. The van der Waals surface area contributed by atoms with E-state index in [1.807, 2.05) is 18.7 Å². The van der Waals surface area contributed by atoms with Crippen molar-refractivity contribution in [2.45, 2.75) is 19.4 Å². The van der Waals surface area contributed by atoms with Crippen molar-refractivity contribution >= 4 is 11.5 Å². The molecule has 1 aliphatic heterocycles. The molecule has 0 bridgehead atoms. The zero-order valence-electron chi connectivity index (χ0n) is 9.62. The van der Waals surface area contributed by atoms with Crippen molar-refractivity contribution in [2.24, 2.45) is 5.16 Å².